The van der Waals surface area contributed by atoms with E-state index in [1.807, 2.05) is 19.1 Å². The maximum absolute atomic E-state index is 11.8. The van der Waals surface area contributed by atoms with E-state index in [4.69, 9.17) is 0 Å². The van der Waals surface area contributed by atoms with E-state index in [1.54, 1.807) is 12.1 Å². The van der Waals surface area contributed by atoms with Crippen LogP contribution in [0.4, 0.5) is 5.69 Å². The van der Waals surface area contributed by atoms with Crippen molar-refractivity contribution in [3.05, 3.63) is 29.8 Å². The van der Waals surface area contributed by atoms with Gasteiger partial charge in [-0.05, 0) is 30.5 Å². The van der Waals surface area contributed by atoms with Gasteiger partial charge in [-0.3, -0.25) is 9.59 Å². The molecule has 0 spiro atoms. The third-order valence-electron chi connectivity index (χ3n) is 3.06. The molecule has 1 rings (SSSR count). The number of sulfone groups is 1. The molecule has 0 fully saturated rings. The summed E-state index contributed by atoms with van der Waals surface area (Å²) in [6.07, 6.45) is 1.06. The summed E-state index contributed by atoms with van der Waals surface area (Å²) >= 11 is 0. The lowest BCUT2D eigenvalue weighted by Gasteiger charge is -2.07. The van der Waals surface area contributed by atoms with Crippen LogP contribution in [-0.2, 0) is 30.6 Å². The summed E-state index contributed by atoms with van der Waals surface area (Å²) < 4.78 is 28.0. The molecule has 0 radical (unpaired) electrons. The van der Waals surface area contributed by atoms with Crippen molar-refractivity contribution in [1.29, 1.82) is 0 Å². The van der Waals surface area contributed by atoms with E-state index in [0.717, 1.165) is 12.0 Å². The molecule has 1 aromatic carbocycles. The Hall–Kier alpha value is -1.89. The van der Waals surface area contributed by atoms with Crippen LogP contribution in [0.3, 0.4) is 0 Å². The quantitative estimate of drug-likeness (QED) is 0.732. The van der Waals surface area contributed by atoms with Gasteiger partial charge in [-0.2, -0.15) is 0 Å². The highest BCUT2D eigenvalue weighted by Crippen LogP contribution is 2.10. The van der Waals surface area contributed by atoms with Crippen molar-refractivity contribution in [2.45, 2.75) is 26.2 Å². The first-order valence-corrected chi connectivity index (χ1v) is 8.84. The molecule has 0 saturated carbocycles. The first-order valence-electron chi connectivity index (χ1n) is 7.02. The van der Waals surface area contributed by atoms with Gasteiger partial charge in [0.2, 0.25) is 5.91 Å². The highest BCUT2D eigenvalue weighted by atomic mass is 32.2. The molecule has 22 heavy (non-hydrogen) atoms. The van der Waals surface area contributed by atoms with Crippen LogP contribution in [0, 0.1) is 0 Å². The van der Waals surface area contributed by atoms with Crippen LogP contribution in [0.1, 0.15) is 25.3 Å². The van der Waals surface area contributed by atoms with Crippen molar-refractivity contribution in [2.24, 2.45) is 0 Å². The molecule has 1 amide bonds. The number of aryl methyl sites for hydroxylation is 1. The molecule has 0 bridgehead atoms. The first-order chi connectivity index (χ1) is 10.4. The van der Waals surface area contributed by atoms with Crippen LogP contribution >= 0.6 is 0 Å². The van der Waals surface area contributed by atoms with E-state index >= 15 is 0 Å². The minimum absolute atomic E-state index is 0.0236. The monoisotopic (exact) mass is 327 g/mol. The lowest BCUT2D eigenvalue weighted by Crippen LogP contribution is -2.25. The molecule has 6 nitrogen and oxygen atoms in total. The summed E-state index contributed by atoms with van der Waals surface area (Å²) in [6, 6.07) is 7.22. The predicted molar refractivity (Wildman–Crippen MR) is 84.4 cm³/mol. The Kier molecular flexibility index (Phi) is 7.04. The van der Waals surface area contributed by atoms with Crippen molar-refractivity contribution in [2.75, 3.05) is 23.9 Å². The lowest BCUT2D eigenvalue weighted by molar-refractivity contribution is -0.140. The Morgan fingerprint density at radius 3 is 2.36 bits per heavy atom. The van der Waals surface area contributed by atoms with Crippen LogP contribution in [0.5, 0.6) is 0 Å². The zero-order chi connectivity index (χ0) is 16.6. The minimum Gasteiger partial charge on any atom is -0.469 e. The highest BCUT2D eigenvalue weighted by Gasteiger charge is 2.17. The highest BCUT2D eigenvalue weighted by molar-refractivity contribution is 7.92. The summed E-state index contributed by atoms with van der Waals surface area (Å²) in [7, 11) is -2.29. The van der Waals surface area contributed by atoms with Gasteiger partial charge >= 0.3 is 5.97 Å². The van der Waals surface area contributed by atoms with Crippen LogP contribution in [0.25, 0.3) is 0 Å². The normalized spacial score (nSPS) is 11.0. The van der Waals surface area contributed by atoms with Crippen LogP contribution in [0.2, 0.25) is 0 Å². The average molecular weight is 327 g/mol. The number of hydrogen-bond acceptors (Lipinski definition) is 5. The number of anilines is 1. The van der Waals surface area contributed by atoms with Gasteiger partial charge < -0.3 is 10.1 Å². The standard InChI is InChI=1S/C15H21NO5S/c1-3-12-6-8-13(9-7-12)16-14(17)11-22(19,20)10-4-5-15(18)21-2/h6-9H,3-5,10-11H2,1-2H3,(H,16,17). The number of amides is 1. The largest absolute Gasteiger partial charge is 0.469 e. The molecule has 0 aliphatic heterocycles. The van der Waals surface area contributed by atoms with E-state index in [1.165, 1.54) is 7.11 Å². The Labute approximate surface area is 130 Å². The van der Waals surface area contributed by atoms with Crippen LogP contribution in [0.15, 0.2) is 24.3 Å². The van der Waals surface area contributed by atoms with Gasteiger partial charge in [0.05, 0.1) is 12.9 Å². The van der Waals surface area contributed by atoms with Crippen LogP contribution < -0.4 is 5.32 Å². The predicted octanol–water partition coefficient (Wildman–Crippen LogP) is 1.56. The van der Waals surface area contributed by atoms with E-state index < -0.39 is 27.5 Å². The molecule has 1 aromatic rings. The summed E-state index contributed by atoms with van der Waals surface area (Å²) in [5.74, 6) is -1.86. The molecular formula is C15H21NO5S. The molecule has 0 aliphatic rings. The number of rotatable bonds is 8. The molecule has 0 saturated heterocycles. The Morgan fingerprint density at radius 1 is 1.18 bits per heavy atom. The summed E-state index contributed by atoms with van der Waals surface area (Å²) in [6.45, 7) is 2.02. The molecular weight excluding hydrogens is 306 g/mol. The number of benzene rings is 1. The topological polar surface area (TPSA) is 89.5 Å². The number of carbonyl (C=O) groups excluding carboxylic acids is 2. The van der Waals surface area contributed by atoms with Crippen molar-refractivity contribution in [3.8, 4) is 0 Å². The van der Waals surface area contributed by atoms with Crippen molar-refractivity contribution < 1.29 is 22.7 Å². The molecule has 0 heterocycles. The smallest absolute Gasteiger partial charge is 0.305 e. The minimum atomic E-state index is -3.54. The van der Waals surface area contributed by atoms with Gasteiger partial charge in [-0.1, -0.05) is 19.1 Å². The zero-order valence-corrected chi connectivity index (χ0v) is 13.6. The SMILES string of the molecule is CCc1ccc(NC(=O)CS(=O)(=O)CCCC(=O)OC)cc1. The van der Waals surface area contributed by atoms with E-state index in [-0.39, 0.29) is 18.6 Å². The molecule has 0 aromatic heterocycles. The third kappa shape index (κ3) is 6.71. The molecule has 1 N–H and O–H groups in total. The number of hydrogen-bond donors (Lipinski definition) is 1. The number of carbonyl (C=O) groups is 2. The molecule has 0 atom stereocenters. The zero-order valence-electron chi connectivity index (χ0n) is 12.8. The van der Waals surface area contributed by atoms with E-state index in [9.17, 15) is 18.0 Å². The number of ether oxygens (including phenoxy) is 1. The van der Waals surface area contributed by atoms with Gasteiger partial charge in [-0.25, -0.2) is 8.42 Å². The number of methoxy groups -OCH3 is 1. The summed E-state index contributed by atoms with van der Waals surface area (Å²) in [5, 5.41) is 2.55. The Morgan fingerprint density at radius 2 is 1.82 bits per heavy atom. The van der Waals surface area contributed by atoms with Crippen LogP contribution in [-0.4, -0.2) is 38.9 Å². The van der Waals surface area contributed by atoms with E-state index in [0.29, 0.717) is 5.69 Å². The van der Waals surface area contributed by atoms with Gasteiger partial charge in [0.15, 0.2) is 9.84 Å². The molecule has 0 unspecified atom stereocenters. The number of esters is 1. The maximum Gasteiger partial charge on any atom is 0.305 e. The van der Waals surface area contributed by atoms with Crippen molar-refractivity contribution >= 4 is 27.4 Å². The summed E-state index contributed by atoms with van der Waals surface area (Å²) in [5.41, 5.74) is 1.69. The van der Waals surface area contributed by atoms with Gasteiger partial charge in [0.1, 0.15) is 5.75 Å². The number of nitrogens with one attached hydrogen (secondary N) is 1. The van der Waals surface area contributed by atoms with E-state index in [2.05, 4.69) is 10.1 Å². The molecule has 122 valence electrons. The lowest BCUT2D eigenvalue weighted by atomic mass is 10.1. The van der Waals surface area contributed by atoms with Gasteiger partial charge in [0, 0.05) is 12.1 Å². The fraction of sp³-hybridized carbons (Fsp3) is 0.467. The molecule has 0 aliphatic carbocycles. The van der Waals surface area contributed by atoms with Crippen molar-refractivity contribution in [3.63, 3.8) is 0 Å². The summed E-state index contributed by atoms with van der Waals surface area (Å²) in [4.78, 5) is 22.7. The maximum atomic E-state index is 11.8. The second-order valence-electron chi connectivity index (χ2n) is 4.87. The first kappa shape index (κ1) is 18.2. The fourth-order valence-corrected chi connectivity index (χ4v) is 3.03. The average Bonchev–Trinajstić information content (AvgIpc) is 2.46. The second-order valence-corrected chi connectivity index (χ2v) is 7.05. The fourth-order valence-electron chi connectivity index (χ4n) is 1.83. The molecule has 7 heteroatoms. The third-order valence-corrected chi connectivity index (χ3v) is 4.67. The van der Waals surface area contributed by atoms with Gasteiger partial charge in [0.25, 0.3) is 0 Å². The Bertz CT molecular complexity index is 607. The Balaban J connectivity index is 2.46. The van der Waals surface area contributed by atoms with Crippen molar-refractivity contribution in [1.82, 2.24) is 0 Å². The second kappa shape index (κ2) is 8.53. The van der Waals surface area contributed by atoms with Gasteiger partial charge in [-0.15, -0.1) is 0 Å².